The molecule has 0 radical (unpaired) electrons. The molecule has 0 saturated heterocycles. The number of hydrogen-bond acceptors (Lipinski definition) is 2. The summed E-state index contributed by atoms with van der Waals surface area (Å²) in [7, 11) is 0. The van der Waals surface area contributed by atoms with Gasteiger partial charge in [-0.25, -0.2) is 0 Å². The van der Waals surface area contributed by atoms with Crippen molar-refractivity contribution >= 4 is 11.9 Å². The normalized spacial score (nSPS) is 36.1. The minimum absolute atomic E-state index is 0.0324. The number of carbonyl (C=O) groups is 2. The summed E-state index contributed by atoms with van der Waals surface area (Å²) >= 11 is 0. The molecule has 0 aromatic rings. The van der Waals surface area contributed by atoms with Crippen LogP contribution in [0, 0.1) is 23.7 Å². The molecular weight excluding hydrogens is 208 g/mol. The molecule has 2 N–H and O–H groups in total. The van der Waals surface area contributed by atoms with Gasteiger partial charge in [0.2, 0.25) is 0 Å². The summed E-state index contributed by atoms with van der Waals surface area (Å²) in [5.74, 6) is -0.461. The van der Waals surface area contributed by atoms with Crippen LogP contribution in [-0.2, 0) is 9.59 Å². The highest BCUT2D eigenvalue weighted by Crippen LogP contribution is 2.33. The largest absolute Gasteiger partial charge is 0.481 e. The minimum atomic E-state index is -0.622. The molecule has 0 aliphatic heterocycles. The van der Waals surface area contributed by atoms with Crippen molar-refractivity contribution in [1.82, 2.24) is 0 Å². The molecule has 2 fully saturated rings. The molecule has 4 atom stereocenters. The van der Waals surface area contributed by atoms with Gasteiger partial charge in [0, 0.05) is 0 Å². The Labute approximate surface area is 95.7 Å². The van der Waals surface area contributed by atoms with Crippen LogP contribution in [0.15, 0.2) is 0 Å². The molecule has 4 nitrogen and oxygen atoms in total. The lowest BCUT2D eigenvalue weighted by molar-refractivity contribution is -0.148. The first-order chi connectivity index (χ1) is 7.43. The van der Waals surface area contributed by atoms with E-state index >= 15 is 0 Å². The van der Waals surface area contributed by atoms with Crippen molar-refractivity contribution in [2.45, 2.75) is 39.5 Å². The molecule has 2 rings (SSSR count). The number of carboxylic acid groups (broad SMARTS) is 2. The van der Waals surface area contributed by atoms with Gasteiger partial charge in [0.05, 0.1) is 11.8 Å². The van der Waals surface area contributed by atoms with E-state index in [1.165, 1.54) is 0 Å². The third-order valence-corrected chi connectivity index (χ3v) is 3.87. The van der Waals surface area contributed by atoms with Crippen LogP contribution in [0.25, 0.3) is 0 Å². The molecular formula is C12H20O4. The maximum atomic E-state index is 10.2. The third kappa shape index (κ3) is 2.97. The van der Waals surface area contributed by atoms with E-state index in [0.717, 1.165) is 25.7 Å². The van der Waals surface area contributed by atoms with Crippen molar-refractivity contribution in [3.63, 3.8) is 0 Å². The average molecular weight is 228 g/mol. The zero-order chi connectivity index (χ0) is 12.3. The second-order valence-corrected chi connectivity index (χ2v) is 5.00. The maximum absolute atomic E-state index is 10.2. The van der Waals surface area contributed by atoms with Crippen LogP contribution in [0.2, 0.25) is 0 Å². The second-order valence-electron chi connectivity index (χ2n) is 5.00. The molecule has 2 aliphatic carbocycles. The van der Waals surface area contributed by atoms with Crippen molar-refractivity contribution < 1.29 is 19.8 Å². The van der Waals surface area contributed by atoms with Crippen LogP contribution in [0.3, 0.4) is 0 Å². The molecule has 0 spiro atoms. The Bertz CT molecular complexity index is 246. The van der Waals surface area contributed by atoms with Gasteiger partial charge in [-0.1, -0.05) is 13.8 Å². The first-order valence-electron chi connectivity index (χ1n) is 5.89. The SMILES string of the molecule is C[C@@H]1CC[C@@H]1C(=O)O.C[C@H]1CC[C@H]1C(=O)O. The first kappa shape index (κ1) is 13.0. The summed E-state index contributed by atoms with van der Waals surface area (Å²) in [6, 6.07) is 0. The molecule has 2 aliphatic rings. The third-order valence-electron chi connectivity index (χ3n) is 3.87. The van der Waals surface area contributed by atoms with Gasteiger partial charge in [-0.15, -0.1) is 0 Å². The summed E-state index contributed by atoms with van der Waals surface area (Å²) in [4.78, 5) is 20.4. The molecule has 92 valence electrons. The molecule has 0 heterocycles. The molecule has 0 aromatic carbocycles. The zero-order valence-corrected chi connectivity index (χ0v) is 9.85. The molecule has 4 heteroatoms. The average Bonchev–Trinajstić information content (AvgIpc) is 2.12. The maximum Gasteiger partial charge on any atom is 0.306 e. The Morgan fingerprint density at radius 1 is 0.812 bits per heavy atom. The van der Waals surface area contributed by atoms with E-state index in [2.05, 4.69) is 0 Å². The summed E-state index contributed by atoms with van der Waals surface area (Å²) in [5, 5.41) is 16.8. The molecule has 0 aromatic heterocycles. The van der Waals surface area contributed by atoms with Crippen LogP contribution in [-0.4, -0.2) is 22.2 Å². The lowest BCUT2D eigenvalue weighted by Gasteiger charge is -2.29. The molecule has 0 amide bonds. The second kappa shape index (κ2) is 5.32. The Hall–Kier alpha value is -1.06. The Kier molecular flexibility index (Phi) is 4.33. The number of carboxylic acids is 2. The number of rotatable bonds is 2. The summed E-state index contributed by atoms with van der Waals surface area (Å²) in [5.41, 5.74) is 0. The van der Waals surface area contributed by atoms with Crippen molar-refractivity contribution in [1.29, 1.82) is 0 Å². The highest BCUT2D eigenvalue weighted by Gasteiger charge is 2.33. The van der Waals surface area contributed by atoms with E-state index in [9.17, 15) is 9.59 Å². The number of aliphatic carboxylic acids is 2. The van der Waals surface area contributed by atoms with E-state index in [0.29, 0.717) is 11.8 Å². The lowest BCUT2D eigenvalue weighted by Crippen LogP contribution is -2.30. The van der Waals surface area contributed by atoms with Gasteiger partial charge in [-0.05, 0) is 37.5 Å². The highest BCUT2D eigenvalue weighted by molar-refractivity contribution is 5.71. The fourth-order valence-corrected chi connectivity index (χ4v) is 2.07. The van der Waals surface area contributed by atoms with Gasteiger partial charge in [0.25, 0.3) is 0 Å². The standard InChI is InChI=1S/2C6H10O2/c2*1-4-2-3-5(4)6(7)8/h2*4-5H,2-3H2,1H3,(H,7,8)/t2*4-,5+/m10/s1. The Morgan fingerprint density at radius 2 is 1.12 bits per heavy atom. The Balaban J connectivity index is 0.000000160. The Morgan fingerprint density at radius 3 is 1.12 bits per heavy atom. The topological polar surface area (TPSA) is 74.6 Å². The van der Waals surface area contributed by atoms with Crippen molar-refractivity contribution in [3.8, 4) is 0 Å². The van der Waals surface area contributed by atoms with Gasteiger partial charge in [0.1, 0.15) is 0 Å². The van der Waals surface area contributed by atoms with Crippen LogP contribution in [0.1, 0.15) is 39.5 Å². The number of hydrogen-bond donors (Lipinski definition) is 2. The van der Waals surface area contributed by atoms with Gasteiger partial charge < -0.3 is 10.2 Å². The van der Waals surface area contributed by atoms with E-state index in [4.69, 9.17) is 10.2 Å². The van der Waals surface area contributed by atoms with Gasteiger partial charge >= 0.3 is 11.9 Å². The predicted molar refractivity (Wildman–Crippen MR) is 59.0 cm³/mol. The summed E-state index contributed by atoms with van der Waals surface area (Å²) in [6.07, 6.45) is 3.96. The first-order valence-corrected chi connectivity index (χ1v) is 5.89. The fourth-order valence-electron chi connectivity index (χ4n) is 2.07. The molecule has 16 heavy (non-hydrogen) atoms. The summed E-state index contributed by atoms with van der Waals surface area (Å²) < 4.78 is 0. The molecule has 0 unspecified atom stereocenters. The van der Waals surface area contributed by atoms with E-state index < -0.39 is 11.9 Å². The molecule has 2 saturated carbocycles. The van der Waals surface area contributed by atoms with E-state index in [1.807, 2.05) is 13.8 Å². The van der Waals surface area contributed by atoms with Crippen molar-refractivity contribution in [2.24, 2.45) is 23.7 Å². The minimum Gasteiger partial charge on any atom is -0.481 e. The lowest BCUT2D eigenvalue weighted by atomic mass is 9.75. The van der Waals surface area contributed by atoms with Crippen molar-refractivity contribution in [3.05, 3.63) is 0 Å². The van der Waals surface area contributed by atoms with Crippen LogP contribution < -0.4 is 0 Å². The van der Waals surface area contributed by atoms with Crippen LogP contribution >= 0.6 is 0 Å². The monoisotopic (exact) mass is 228 g/mol. The quantitative estimate of drug-likeness (QED) is 0.760. The van der Waals surface area contributed by atoms with Crippen LogP contribution in [0.5, 0.6) is 0 Å². The predicted octanol–water partition coefficient (Wildman–Crippen LogP) is 2.23. The zero-order valence-electron chi connectivity index (χ0n) is 9.85. The van der Waals surface area contributed by atoms with Crippen LogP contribution in [0.4, 0.5) is 0 Å². The van der Waals surface area contributed by atoms with E-state index in [-0.39, 0.29) is 11.8 Å². The van der Waals surface area contributed by atoms with Crippen molar-refractivity contribution in [2.75, 3.05) is 0 Å². The van der Waals surface area contributed by atoms with Gasteiger partial charge in [-0.2, -0.15) is 0 Å². The summed E-state index contributed by atoms with van der Waals surface area (Å²) in [6.45, 7) is 3.98. The van der Waals surface area contributed by atoms with E-state index in [1.54, 1.807) is 0 Å². The smallest absolute Gasteiger partial charge is 0.306 e. The van der Waals surface area contributed by atoms with Gasteiger partial charge in [-0.3, -0.25) is 9.59 Å². The fraction of sp³-hybridized carbons (Fsp3) is 0.833. The highest BCUT2D eigenvalue weighted by atomic mass is 16.4. The molecule has 0 bridgehead atoms. The van der Waals surface area contributed by atoms with Gasteiger partial charge in [0.15, 0.2) is 0 Å².